The molecule has 2 nitrogen and oxygen atoms in total. The highest BCUT2D eigenvalue weighted by atomic mass is 79.9. The predicted molar refractivity (Wildman–Crippen MR) is 63.6 cm³/mol. The second-order valence-electron chi connectivity index (χ2n) is 3.07. The number of benzene rings is 1. The summed E-state index contributed by atoms with van der Waals surface area (Å²) in [6.07, 6.45) is 1.73. The summed E-state index contributed by atoms with van der Waals surface area (Å²) in [5.41, 5.74) is 7.42. The lowest BCUT2D eigenvalue weighted by Crippen LogP contribution is -1.92. The van der Waals surface area contributed by atoms with E-state index in [0.29, 0.717) is 10.7 Å². The third-order valence-corrected chi connectivity index (χ3v) is 3.12. The monoisotopic (exact) mass is 270 g/mol. The summed E-state index contributed by atoms with van der Waals surface area (Å²) in [6.45, 7) is 1.94. The molecular weight excluding hydrogens is 263 g/mol. The van der Waals surface area contributed by atoms with E-state index in [1.807, 2.05) is 13.0 Å². The Balaban J connectivity index is 3.02. The van der Waals surface area contributed by atoms with Crippen LogP contribution in [0.1, 0.15) is 5.69 Å². The highest BCUT2D eigenvalue weighted by Crippen LogP contribution is 2.35. The van der Waals surface area contributed by atoms with Gasteiger partial charge in [0.05, 0.1) is 10.7 Å². The molecule has 0 aliphatic carbocycles. The molecule has 2 rings (SSSR count). The van der Waals surface area contributed by atoms with Crippen molar-refractivity contribution in [3.05, 3.63) is 33.5 Å². The van der Waals surface area contributed by atoms with Gasteiger partial charge in [0.25, 0.3) is 0 Å². The van der Waals surface area contributed by atoms with Crippen molar-refractivity contribution < 1.29 is 0 Å². The lowest BCUT2D eigenvalue weighted by molar-refractivity contribution is 1.23. The van der Waals surface area contributed by atoms with Crippen LogP contribution in [0.3, 0.4) is 0 Å². The third kappa shape index (κ3) is 1.37. The molecule has 0 bridgehead atoms. The van der Waals surface area contributed by atoms with Crippen LogP contribution in [-0.4, -0.2) is 4.98 Å². The molecule has 1 aromatic carbocycles. The van der Waals surface area contributed by atoms with Gasteiger partial charge in [-0.25, -0.2) is 0 Å². The zero-order chi connectivity index (χ0) is 10.3. The Hall–Kier alpha value is -0.800. The molecule has 0 saturated heterocycles. The van der Waals surface area contributed by atoms with E-state index in [1.165, 1.54) is 0 Å². The van der Waals surface area contributed by atoms with Crippen molar-refractivity contribution in [3.63, 3.8) is 0 Å². The van der Waals surface area contributed by atoms with Crippen LogP contribution < -0.4 is 5.73 Å². The van der Waals surface area contributed by atoms with E-state index >= 15 is 0 Å². The van der Waals surface area contributed by atoms with Crippen molar-refractivity contribution in [1.82, 2.24) is 4.98 Å². The maximum atomic E-state index is 5.97. The number of hydrogen-bond acceptors (Lipinski definition) is 2. The molecule has 0 aliphatic rings. The molecule has 0 fully saturated rings. The van der Waals surface area contributed by atoms with E-state index in [-0.39, 0.29) is 0 Å². The SMILES string of the molecule is Cc1nccc2c(N)c(Cl)cc(Br)c12. The van der Waals surface area contributed by atoms with Crippen LogP contribution >= 0.6 is 27.5 Å². The van der Waals surface area contributed by atoms with E-state index in [9.17, 15) is 0 Å². The summed E-state index contributed by atoms with van der Waals surface area (Å²) < 4.78 is 0.928. The van der Waals surface area contributed by atoms with Gasteiger partial charge in [0.15, 0.2) is 0 Å². The zero-order valence-electron chi connectivity index (χ0n) is 7.51. The van der Waals surface area contributed by atoms with Gasteiger partial charge in [-0.3, -0.25) is 4.98 Å². The second kappa shape index (κ2) is 3.41. The smallest absolute Gasteiger partial charge is 0.0653 e. The molecule has 0 aliphatic heterocycles. The number of nitrogens with two attached hydrogens (primary N) is 1. The summed E-state index contributed by atoms with van der Waals surface area (Å²) in [7, 11) is 0. The minimum absolute atomic E-state index is 0.565. The lowest BCUT2D eigenvalue weighted by Gasteiger charge is -2.08. The number of nitrogens with zero attached hydrogens (tertiary/aromatic N) is 1. The van der Waals surface area contributed by atoms with Gasteiger partial charge >= 0.3 is 0 Å². The lowest BCUT2D eigenvalue weighted by atomic mass is 10.1. The standard InChI is InChI=1S/C10H8BrClN2/c1-5-9-6(2-3-14-5)10(13)8(12)4-7(9)11/h2-4H,13H2,1H3. The van der Waals surface area contributed by atoms with E-state index in [0.717, 1.165) is 20.9 Å². The van der Waals surface area contributed by atoms with Gasteiger partial charge in [0.2, 0.25) is 0 Å². The molecule has 2 N–H and O–H groups in total. The van der Waals surface area contributed by atoms with Crippen LogP contribution in [0.15, 0.2) is 22.8 Å². The van der Waals surface area contributed by atoms with E-state index in [2.05, 4.69) is 20.9 Å². The van der Waals surface area contributed by atoms with Gasteiger partial charge in [-0.15, -0.1) is 0 Å². The number of fused-ring (bicyclic) bond motifs is 1. The first kappa shape index (κ1) is 9.74. The molecule has 0 unspecified atom stereocenters. The van der Waals surface area contributed by atoms with Crippen LogP contribution in [0.4, 0.5) is 5.69 Å². The first-order valence-corrected chi connectivity index (χ1v) is 5.27. The van der Waals surface area contributed by atoms with E-state index in [1.54, 1.807) is 12.3 Å². The molecule has 1 aromatic heterocycles. The number of aryl methyl sites for hydroxylation is 1. The van der Waals surface area contributed by atoms with Crippen molar-refractivity contribution in [2.24, 2.45) is 0 Å². The summed E-state index contributed by atoms with van der Waals surface area (Å²) >= 11 is 9.42. The fraction of sp³-hybridized carbons (Fsp3) is 0.100. The Kier molecular flexibility index (Phi) is 2.37. The quantitative estimate of drug-likeness (QED) is 0.744. The number of anilines is 1. The Bertz CT molecular complexity index is 511. The van der Waals surface area contributed by atoms with Gasteiger partial charge in [0.1, 0.15) is 0 Å². The van der Waals surface area contributed by atoms with Crippen LogP contribution in [-0.2, 0) is 0 Å². The molecule has 0 saturated carbocycles. The fourth-order valence-electron chi connectivity index (χ4n) is 1.48. The van der Waals surface area contributed by atoms with E-state index in [4.69, 9.17) is 17.3 Å². The topological polar surface area (TPSA) is 38.9 Å². The van der Waals surface area contributed by atoms with Gasteiger partial charge in [-0.05, 0) is 19.1 Å². The molecule has 0 amide bonds. The Morgan fingerprint density at radius 2 is 2.21 bits per heavy atom. The predicted octanol–water partition coefficient (Wildman–Crippen LogP) is 3.54. The summed E-state index contributed by atoms with van der Waals surface area (Å²) in [5, 5.41) is 2.53. The average Bonchev–Trinajstić information content (AvgIpc) is 2.14. The molecule has 0 spiro atoms. The van der Waals surface area contributed by atoms with Gasteiger partial charge in [0, 0.05) is 27.1 Å². The number of rotatable bonds is 0. The number of hydrogen-bond donors (Lipinski definition) is 1. The van der Waals surface area contributed by atoms with Gasteiger partial charge < -0.3 is 5.73 Å². The minimum atomic E-state index is 0.565. The van der Waals surface area contributed by atoms with Crippen LogP contribution in [0.2, 0.25) is 5.02 Å². The molecule has 0 radical (unpaired) electrons. The zero-order valence-corrected chi connectivity index (χ0v) is 9.85. The summed E-state index contributed by atoms with van der Waals surface area (Å²) in [5.74, 6) is 0. The molecule has 4 heteroatoms. The number of halogens is 2. The van der Waals surface area contributed by atoms with Crippen molar-refractivity contribution in [2.75, 3.05) is 5.73 Å². The van der Waals surface area contributed by atoms with Crippen LogP contribution in [0.25, 0.3) is 10.8 Å². The average molecular weight is 272 g/mol. The minimum Gasteiger partial charge on any atom is -0.397 e. The molecular formula is C10H8BrClN2. The highest BCUT2D eigenvalue weighted by molar-refractivity contribution is 9.10. The first-order chi connectivity index (χ1) is 6.61. The second-order valence-corrected chi connectivity index (χ2v) is 4.33. The fourth-order valence-corrected chi connectivity index (χ4v) is 2.55. The van der Waals surface area contributed by atoms with Crippen molar-refractivity contribution in [3.8, 4) is 0 Å². The largest absolute Gasteiger partial charge is 0.397 e. The normalized spacial score (nSPS) is 10.8. The Morgan fingerprint density at radius 1 is 1.50 bits per heavy atom. The van der Waals surface area contributed by atoms with Crippen molar-refractivity contribution in [1.29, 1.82) is 0 Å². The third-order valence-electron chi connectivity index (χ3n) is 2.18. The van der Waals surface area contributed by atoms with Crippen molar-refractivity contribution in [2.45, 2.75) is 6.92 Å². The van der Waals surface area contributed by atoms with Gasteiger partial charge in [-0.2, -0.15) is 0 Å². The van der Waals surface area contributed by atoms with Gasteiger partial charge in [-0.1, -0.05) is 27.5 Å². The van der Waals surface area contributed by atoms with Crippen LogP contribution in [0.5, 0.6) is 0 Å². The highest BCUT2D eigenvalue weighted by Gasteiger charge is 2.08. The molecule has 2 aromatic rings. The molecule has 72 valence electrons. The Morgan fingerprint density at radius 3 is 2.93 bits per heavy atom. The molecule has 14 heavy (non-hydrogen) atoms. The van der Waals surface area contributed by atoms with Crippen LogP contribution in [0, 0.1) is 6.92 Å². The first-order valence-electron chi connectivity index (χ1n) is 4.10. The molecule has 0 atom stereocenters. The number of nitrogen functional groups attached to an aromatic ring is 1. The summed E-state index contributed by atoms with van der Waals surface area (Å²) in [4.78, 5) is 4.21. The van der Waals surface area contributed by atoms with E-state index < -0.39 is 0 Å². The number of aromatic nitrogens is 1. The van der Waals surface area contributed by atoms with Crippen molar-refractivity contribution >= 4 is 44.0 Å². The maximum absolute atomic E-state index is 5.97. The number of pyridine rings is 1. The Labute approximate surface area is 95.2 Å². The maximum Gasteiger partial charge on any atom is 0.0653 e. The summed E-state index contributed by atoms with van der Waals surface area (Å²) in [6, 6.07) is 3.67. The molecule has 1 heterocycles.